The van der Waals surface area contributed by atoms with Gasteiger partial charge in [-0.05, 0) is 48.9 Å². The maximum Gasteiger partial charge on any atom is 0.261 e. The highest BCUT2D eigenvalue weighted by atomic mass is 32.1. The molecule has 0 radical (unpaired) electrons. The van der Waals surface area contributed by atoms with E-state index in [1.54, 1.807) is 18.7 Å². The van der Waals surface area contributed by atoms with Crippen molar-refractivity contribution in [3.05, 3.63) is 64.5 Å². The van der Waals surface area contributed by atoms with Crippen molar-refractivity contribution in [3.63, 3.8) is 0 Å². The lowest BCUT2D eigenvalue weighted by Crippen LogP contribution is -2.31. The Balaban J connectivity index is 1.34. The molecule has 5 rings (SSSR count). The summed E-state index contributed by atoms with van der Waals surface area (Å²) in [5, 5.41) is 9.04. The van der Waals surface area contributed by atoms with Gasteiger partial charge in [0.2, 0.25) is 4.96 Å². The van der Waals surface area contributed by atoms with Crippen LogP contribution in [0.2, 0.25) is 0 Å². The summed E-state index contributed by atoms with van der Waals surface area (Å²) in [4.78, 5) is 44.4. The number of aromatic nitrogens is 3. The van der Waals surface area contributed by atoms with Crippen LogP contribution in [0.4, 0.5) is 5.95 Å². The highest BCUT2D eigenvalue weighted by Crippen LogP contribution is 2.28. The Hall–Kier alpha value is -4.09. The number of carbonyl (C=O) groups excluding carboxylic acids is 3. The highest BCUT2D eigenvalue weighted by Gasteiger charge is 2.35. The summed E-state index contributed by atoms with van der Waals surface area (Å²) in [5.74, 6) is -0.370. The molecule has 0 spiro atoms. The number of imide groups is 1. The molecule has 3 amide bonds. The number of amides is 3. The van der Waals surface area contributed by atoms with Crippen LogP contribution in [0.5, 0.6) is 5.75 Å². The van der Waals surface area contributed by atoms with Gasteiger partial charge in [-0.3, -0.25) is 24.6 Å². The van der Waals surface area contributed by atoms with Crippen molar-refractivity contribution in [1.29, 1.82) is 0 Å². The molecule has 0 aliphatic carbocycles. The van der Waals surface area contributed by atoms with Gasteiger partial charge in [-0.25, -0.2) is 4.52 Å². The Morgan fingerprint density at radius 3 is 2.57 bits per heavy atom. The van der Waals surface area contributed by atoms with Crippen molar-refractivity contribution in [3.8, 4) is 17.0 Å². The normalized spacial score (nSPS) is 12.9. The average Bonchev–Trinajstić information content (AvgIpc) is 3.52. The van der Waals surface area contributed by atoms with Crippen LogP contribution >= 0.6 is 11.3 Å². The Bertz CT molecular complexity index is 1440. The van der Waals surface area contributed by atoms with Gasteiger partial charge in [0.1, 0.15) is 5.75 Å². The molecule has 11 heteroatoms. The number of nitrogens with one attached hydrogen (secondary N) is 1. The van der Waals surface area contributed by atoms with Crippen LogP contribution in [0.15, 0.2) is 47.8 Å². The van der Waals surface area contributed by atoms with Gasteiger partial charge < -0.3 is 9.47 Å². The minimum Gasteiger partial charge on any atom is -0.497 e. The third-order valence-electron chi connectivity index (χ3n) is 5.66. The minimum atomic E-state index is -0.477. The fourth-order valence-electron chi connectivity index (χ4n) is 3.87. The molecule has 35 heavy (non-hydrogen) atoms. The van der Waals surface area contributed by atoms with Crippen molar-refractivity contribution < 1.29 is 23.9 Å². The lowest BCUT2D eigenvalue weighted by molar-refractivity contribution is 0.0638. The van der Waals surface area contributed by atoms with Gasteiger partial charge in [0.15, 0.2) is 0 Å². The second kappa shape index (κ2) is 9.28. The first-order chi connectivity index (χ1) is 17.0. The monoisotopic (exact) mass is 491 g/mol. The molecule has 10 nitrogen and oxygen atoms in total. The van der Waals surface area contributed by atoms with E-state index in [0.29, 0.717) is 18.0 Å². The second-order valence-electron chi connectivity index (χ2n) is 7.80. The first kappa shape index (κ1) is 22.7. The Labute approximate surface area is 204 Å². The molecule has 178 valence electrons. The van der Waals surface area contributed by atoms with Gasteiger partial charge >= 0.3 is 0 Å². The number of thiazole rings is 1. The first-order valence-corrected chi connectivity index (χ1v) is 11.7. The number of hydrogen-bond acceptors (Lipinski definition) is 8. The summed E-state index contributed by atoms with van der Waals surface area (Å²) in [5.41, 5.74) is 2.49. The van der Waals surface area contributed by atoms with Gasteiger partial charge in [-0.1, -0.05) is 0 Å². The molecule has 0 bridgehead atoms. The van der Waals surface area contributed by atoms with Gasteiger partial charge in [-0.2, -0.15) is 4.98 Å². The van der Waals surface area contributed by atoms with Crippen LogP contribution in [0, 0.1) is 0 Å². The quantitative estimate of drug-likeness (QED) is 0.297. The second-order valence-corrected chi connectivity index (χ2v) is 8.64. The van der Waals surface area contributed by atoms with E-state index in [1.165, 1.54) is 34.4 Å². The maximum absolute atomic E-state index is 12.9. The van der Waals surface area contributed by atoms with E-state index >= 15 is 0 Å². The van der Waals surface area contributed by atoms with Gasteiger partial charge in [-0.15, -0.1) is 16.4 Å². The topological polar surface area (TPSA) is 115 Å². The molecule has 1 aliphatic rings. The number of fused-ring (bicyclic) bond motifs is 2. The molecule has 0 fully saturated rings. The summed E-state index contributed by atoms with van der Waals surface area (Å²) >= 11 is 1.40. The summed E-state index contributed by atoms with van der Waals surface area (Å²) in [7, 11) is 3.17. The number of methoxy groups -OCH3 is 2. The molecule has 4 aromatic rings. The third kappa shape index (κ3) is 4.15. The van der Waals surface area contributed by atoms with E-state index in [-0.39, 0.29) is 35.1 Å². The zero-order valence-electron chi connectivity index (χ0n) is 19.0. The van der Waals surface area contributed by atoms with Crippen molar-refractivity contribution >= 4 is 40.0 Å². The minimum absolute atomic E-state index is 0.140. The zero-order chi connectivity index (χ0) is 24.5. The summed E-state index contributed by atoms with van der Waals surface area (Å²) in [6.07, 6.45) is 0.539. The van der Waals surface area contributed by atoms with Gasteiger partial charge in [0, 0.05) is 36.8 Å². The fourth-order valence-corrected chi connectivity index (χ4v) is 4.70. The summed E-state index contributed by atoms with van der Waals surface area (Å²) in [6.45, 7) is 0.698. The Morgan fingerprint density at radius 1 is 1.06 bits per heavy atom. The SMILES string of the molecule is COCCCN1C(=O)c2ccc(C(=O)Nc3nc4scc(-c5ccc(OC)cc5)n4n3)cc2C1=O. The summed E-state index contributed by atoms with van der Waals surface area (Å²) < 4.78 is 11.9. The largest absolute Gasteiger partial charge is 0.497 e. The number of hydrogen-bond donors (Lipinski definition) is 1. The Morgan fingerprint density at radius 2 is 1.83 bits per heavy atom. The number of benzene rings is 2. The number of nitrogens with zero attached hydrogens (tertiary/aromatic N) is 4. The van der Waals surface area contributed by atoms with E-state index in [0.717, 1.165) is 17.0 Å². The van der Waals surface area contributed by atoms with Crippen LogP contribution in [-0.2, 0) is 4.74 Å². The summed E-state index contributed by atoms with van der Waals surface area (Å²) in [6, 6.07) is 12.0. The molecule has 2 aromatic heterocycles. The maximum atomic E-state index is 12.9. The first-order valence-electron chi connectivity index (χ1n) is 10.8. The van der Waals surface area contributed by atoms with Crippen molar-refractivity contribution in [2.75, 3.05) is 32.7 Å². The molecule has 1 N–H and O–H groups in total. The predicted octanol–water partition coefficient (Wildman–Crippen LogP) is 3.35. The molecule has 3 heterocycles. The van der Waals surface area contributed by atoms with E-state index in [1.807, 2.05) is 29.6 Å². The smallest absolute Gasteiger partial charge is 0.261 e. The molecule has 0 saturated heterocycles. The van der Waals surface area contributed by atoms with Crippen LogP contribution < -0.4 is 10.1 Å². The van der Waals surface area contributed by atoms with Crippen molar-refractivity contribution in [2.45, 2.75) is 6.42 Å². The van der Waals surface area contributed by atoms with Gasteiger partial charge in [0.25, 0.3) is 23.7 Å². The van der Waals surface area contributed by atoms with Gasteiger partial charge in [0.05, 0.1) is 23.9 Å². The van der Waals surface area contributed by atoms with Crippen LogP contribution in [-0.4, -0.2) is 64.6 Å². The molecule has 0 atom stereocenters. The van der Waals surface area contributed by atoms with E-state index < -0.39 is 11.8 Å². The van der Waals surface area contributed by atoms with Crippen LogP contribution in [0.1, 0.15) is 37.5 Å². The van der Waals surface area contributed by atoms with E-state index in [9.17, 15) is 14.4 Å². The predicted molar refractivity (Wildman–Crippen MR) is 129 cm³/mol. The van der Waals surface area contributed by atoms with Crippen molar-refractivity contribution in [1.82, 2.24) is 19.5 Å². The van der Waals surface area contributed by atoms with Crippen molar-refractivity contribution in [2.24, 2.45) is 0 Å². The zero-order valence-corrected chi connectivity index (χ0v) is 19.8. The highest BCUT2D eigenvalue weighted by molar-refractivity contribution is 7.15. The molecule has 0 unspecified atom stereocenters. The molecular weight excluding hydrogens is 470 g/mol. The average molecular weight is 492 g/mol. The number of ether oxygens (including phenoxy) is 2. The standard InChI is InChI=1S/C24H21N5O5S/c1-33-11-3-10-28-21(31)17-9-6-15(12-18(17)22(28)32)20(30)25-23-26-24-29(27-23)19(13-35-24)14-4-7-16(34-2)8-5-14/h4-9,12-13H,3,10-11H2,1-2H3,(H,25,27,30). The van der Waals surface area contributed by atoms with E-state index in [2.05, 4.69) is 15.4 Å². The number of anilines is 1. The number of carbonyl (C=O) groups is 3. The van der Waals surface area contributed by atoms with E-state index in [4.69, 9.17) is 9.47 Å². The molecule has 1 aliphatic heterocycles. The van der Waals surface area contributed by atoms with Crippen LogP contribution in [0.25, 0.3) is 16.2 Å². The van der Waals surface area contributed by atoms with Crippen LogP contribution in [0.3, 0.4) is 0 Å². The number of rotatable bonds is 8. The lowest BCUT2D eigenvalue weighted by Gasteiger charge is -2.12. The molecule has 0 saturated carbocycles. The Kier molecular flexibility index (Phi) is 6.01. The lowest BCUT2D eigenvalue weighted by atomic mass is 10.1. The molecular formula is C24H21N5O5S. The fraction of sp³-hybridized carbons (Fsp3) is 0.208. The third-order valence-corrected chi connectivity index (χ3v) is 6.47. The molecule has 2 aromatic carbocycles.